The van der Waals surface area contributed by atoms with Crippen molar-refractivity contribution in [1.29, 1.82) is 0 Å². The molecule has 0 saturated carbocycles. The minimum Gasteiger partial charge on any atom is -0.475 e. The first kappa shape index (κ1) is 10.0. The number of aromatic carboxylic acids is 1. The lowest BCUT2D eigenvalue weighted by Gasteiger charge is -1.99. The standard InChI is InChI=1S/C10H8ClNO3/c11-9-5(4-12)1-2-7-6(9)3-8(15-7)10(13)14/h1-3H,4,12H2,(H,13,14). The predicted octanol–water partition coefficient (Wildman–Crippen LogP) is 2.24. The van der Waals surface area contributed by atoms with Gasteiger partial charge in [-0.05, 0) is 11.6 Å². The second kappa shape index (κ2) is 3.56. The fraction of sp³-hybridized carbons (Fsp3) is 0.100. The largest absolute Gasteiger partial charge is 0.475 e. The Balaban J connectivity index is 2.71. The van der Waals surface area contributed by atoms with Crippen molar-refractivity contribution in [3.8, 4) is 0 Å². The summed E-state index contributed by atoms with van der Waals surface area (Å²) in [7, 11) is 0. The Morgan fingerprint density at radius 3 is 2.87 bits per heavy atom. The highest BCUT2D eigenvalue weighted by Crippen LogP contribution is 2.29. The number of hydrogen-bond acceptors (Lipinski definition) is 3. The van der Waals surface area contributed by atoms with Gasteiger partial charge in [0.15, 0.2) is 0 Å². The van der Waals surface area contributed by atoms with E-state index in [1.165, 1.54) is 6.07 Å². The number of carbonyl (C=O) groups is 1. The van der Waals surface area contributed by atoms with E-state index in [9.17, 15) is 4.79 Å². The SMILES string of the molecule is NCc1ccc2oc(C(=O)O)cc2c1Cl. The Kier molecular flexibility index (Phi) is 2.38. The molecule has 15 heavy (non-hydrogen) atoms. The molecule has 1 heterocycles. The monoisotopic (exact) mass is 225 g/mol. The molecule has 0 atom stereocenters. The molecule has 4 nitrogen and oxygen atoms in total. The molecule has 3 N–H and O–H groups in total. The van der Waals surface area contributed by atoms with E-state index in [1.54, 1.807) is 12.1 Å². The van der Waals surface area contributed by atoms with Gasteiger partial charge in [-0.25, -0.2) is 4.79 Å². The van der Waals surface area contributed by atoms with E-state index < -0.39 is 5.97 Å². The van der Waals surface area contributed by atoms with Crippen LogP contribution in [0.1, 0.15) is 16.1 Å². The molecule has 0 unspecified atom stereocenters. The molecule has 0 aliphatic carbocycles. The second-order valence-corrected chi connectivity index (χ2v) is 3.45. The third kappa shape index (κ3) is 1.58. The maximum atomic E-state index is 10.7. The van der Waals surface area contributed by atoms with Crippen LogP contribution in [0.5, 0.6) is 0 Å². The van der Waals surface area contributed by atoms with Crippen molar-refractivity contribution in [2.75, 3.05) is 0 Å². The number of halogens is 1. The fourth-order valence-electron chi connectivity index (χ4n) is 1.39. The van der Waals surface area contributed by atoms with E-state index in [-0.39, 0.29) is 5.76 Å². The lowest BCUT2D eigenvalue weighted by atomic mass is 10.1. The zero-order chi connectivity index (χ0) is 11.0. The highest BCUT2D eigenvalue weighted by molar-refractivity contribution is 6.36. The molecule has 0 radical (unpaired) electrons. The summed E-state index contributed by atoms with van der Waals surface area (Å²) in [6, 6.07) is 4.79. The first-order valence-corrected chi connectivity index (χ1v) is 4.65. The maximum Gasteiger partial charge on any atom is 0.371 e. The molecule has 0 aliphatic rings. The smallest absolute Gasteiger partial charge is 0.371 e. The van der Waals surface area contributed by atoms with Gasteiger partial charge in [0.25, 0.3) is 0 Å². The number of nitrogens with two attached hydrogens (primary N) is 1. The summed E-state index contributed by atoms with van der Waals surface area (Å²) in [5, 5.41) is 9.77. The Bertz CT molecular complexity index is 533. The van der Waals surface area contributed by atoms with Crippen LogP contribution >= 0.6 is 11.6 Å². The van der Waals surface area contributed by atoms with Crippen molar-refractivity contribution in [3.05, 3.63) is 34.5 Å². The summed E-state index contributed by atoms with van der Waals surface area (Å²) in [5.41, 5.74) is 6.70. The van der Waals surface area contributed by atoms with Crippen molar-refractivity contribution >= 4 is 28.5 Å². The molecule has 0 bridgehead atoms. The molecular formula is C10H8ClNO3. The van der Waals surface area contributed by atoms with Crippen LogP contribution in [0.15, 0.2) is 22.6 Å². The number of rotatable bonds is 2. The predicted molar refractivity (Wildman–Crippen MR) is 56.1 cm³/mol. The molecule has 0 fully saturated rings. The van der Waals surface area contributed by atoms with E-state index in [4.69, 9.17) is 26.9 Å². The lowest BCUT2D eigenvalue weighted by molar-refractivity contribution is 0.0665. The van der Waals surface area contributed by atoms with Crippen molar-refractivity contribution in [2.45, 2.75) is 6.54 Å². The first-order chi connectivity index (χ1) is 7.13. The Morgan fingerprint density at radius 2 is 2.27 bits per heavy atom. The third-order valence-corrected chi connectivity index (χ3v) is 2.59. The molecule has 0 saturated heterocycles. The van der Waals surface area contributed by atoms with Gasteiger partial charge in [-0.2, -0.15) is 0 Å². The molecule has 1 aromatic carbocycles. The third-order valence-electron chi connectivity index (χ3n) is 2.15. The number of carboxylic acids is 1. The second-order valence-electron chi connectivity index (χ2n) is 3.07. The lowest BCUT2D eigenvalue weighted by Crippen LogP contribution is -1.96. The van der Waals surface area contributed by atoms with Crippen LogP contribution in [0, 0.1) is 0 Å². The molecule has 0 amide bonds. The van der Waals surface area contributed by atoms with Gasteiger partial charge < -0.3 is 15.3 Å². The highest BCUT2D eigenvalue weighted by Gasteiger charge is 2.13. The van der Waals surface area contributed by atoms with Crippen LogP contribution in [-0.2, 0) is 6.54 Å². The topological polar surface area (TPSA) is 76.5 Å². The van der Waals surface area contributed by atoms with Gasteiger partial charge in [0.2, 0.25) is 5.76 Å². The van der Waals surface area contributed by atoms with Crippen LogP contribution < -0.4 is 5.73 Å². The minimum atomic E-state index is -1.11. The van der Waals surface area contributed by atoms with Crippen molar-refractivity contribution in [1.82, 2.24) is 0 Å². The first-order valence-electron chi connectivity index (χ1n) is 4.27. The van der Waals surface area contributed by atoms with Gasteiger partial charge in [-0.1, -0.05) is 17.7 Å². The molecule has 1 aromatic heterocycles. The summed E-state index contributed by atoms with van der Waals surface area (Å²) < 4.78 is 5.08. The quantitative estimate of drug-likeness (QED) is 0.822. The van der Waals surface area contributed by atoms with E-state index in [2.05, 4.69) is 0 Å². The van der Waals surface area contributed by atoms with Crippen molar-refractivity contribution in [2.24, 2.45) is 5.73 Å². The Morgan fingerprint density at radius 1 is 1.53 bits per heavy atom. The maximum absolute atomic E-state index is 10.7. The van der Waals surface area contributed by atoms with Crippen LogP contribution in [0.25, 0.3) is 11.0 Å². The normalized spacial score (nSPS) is 10.8. The van der Waals surface area contributed by atoms with Crippen molar-refractivity contribution < 1.29 is 14.3 Å². The van der Waals surface area contributed by atoms with Crippen LogP contribution in [0.2, 0.25) is 5.02 Å². The Hall–Kier alpha value is -1.52. The van der Waals surface area contributed by atoms with E-state index in [1.807, 2.05) is 0 Å². The van der Waals surface area contributed by atoms with Gasteiger partial charge in [0, 0.05) is 18.0 Å². The number of hydrogen-bond donors (Lipinski definition) is 2. The zero-order valence-electron chi connectivity index (χ0n) is 7.66. The number of benzene rings is 1. The zero-order valence-corrected chi connectivity index (χ0v) is 8.41. The molecular weight excluding hydrogens is 218 g/mol. The Labute approximate surface area is 90.2 Å². The molecule has 0 aliphatic heterocycles. The van der Waals surface area contributed by atoms with E-state index >= 15 is 0 Å². The average Bonchev–Trinajstić information content (AvgIpc) is 2.63. The number of fused-ring (bicyclic) bond motifs is 1. The summed E-state index contributed by atoms with van der Waals surface area (Å²) in [4.78, 5) is 10.7. The van der Waals surface area contributed by atoms with E-state index in [0.29, 0.717) is 22.5 Å². The summed E-state index contributed by atoms with van der Waals surface area (Å²) in [6.07, 6.45) is 0. The summed E-state index contributed by atoms with van der Waals surface area (Å²) in [5.74, 6) is -1.24. The number of furan rings is 1. The fourth-order valence-corrected chi connectivity index (χ4v) is 1.67. The van der Waals surface area contributed by atoms with Gasteiger partial charge in [0.1, 0.15) is 5.58 Å². The average molecular weight is 226 g/mol. The molecule has 5 heteroatoms. The molecule has 78 valence electrons. The van der Waals surface area contributed by atoms with Crippen LogP contribution in [0.3, 0.4) is 0 Å². The number of carboxylic acid groups (broad SMARTS) is 1. The van der Waals surface area contributed by atoms with E-state index in [0.717, 1.165) is 5.56 Å². The molecule has 2 aromatic rings. The minimum absolute atomic E-state index is 0.124. The van der Waals surface area contributed by atoms with Gasteiger partial charge in [-0.3, -0.25) is 0 Å². The van der Waals surface area contributed by atoms with Gasteiger partial charge in [-0.15, -0.1) is 0 Å². The van der Waals surface area contributed by atoms with Crippen LogP contribution in [0.4, 0.5) is 0 Å². The molecule has 2 rings (SSSR count). The van der Waals surface area contributed by atoms with Gasteiger partial charge >= 0.3 is 5.97 Å². The highest BCUT2D eigenvalue weighted by atomic mass is 35.5. The van der Waals surface area contributed by atoms with Crippen molar-refractivity contribution in [3.63, 3.8) is 0 Å². The van der Waals surface area contributed by atoms with Gasteiger partial charge in [0.05, 0.1) is 5.02 Å². The summed E-state index contributed by atoms with van der Waals surface area (Å²) >= 11 is 6.03. The summed E-state index contributed by atoms with van der Waals surface area (Å²) in [6.45, 7) is 0.308. The van der Waals surface area contributed by atoms with Crippen LogP contribution in [-0.4, -0.2) is 11.1 Å². The molecule has 0 spiro atoms.